The number of carbonyl (C=O) groups excluding carboxylic acids is 1. The van der Waals surface area contributed by atoms with Crippen LogP contribution in [0.15, 0.2) is 60.0 Å². The summed E-state index contributed by atoms with van der Waals surface area (Å²) < 4.78 is 15.6. The number of hydrogen-bond acceptors (Lipinski definition) is 4. The Morgan fingerprint density at radius 1 is 1.23 bits per heavy atom. The van der Waals surface area contributed by atoms with Crippen molar-refractivity contribution in [3.63, 3.8) is 0 Å². The Balaban J connectivity index is 1.49. The summed E-state index contributed by atoms with van der Waals surface area (Å²) in [5.74, 6) is 0.345. The Hall–Kier alpha value is -3.13. The van der Waals surface area contributed by atoms with E-state index in [0.29, 0.717) is 12.2 Å². The van der Waals surface area contributed by atoms with Crippen LogP contribution in [0.5, 0.6) is 0 Å². The monoisotopic (exact) mass is 435 g/mol. The van der Waals surface area contributed by atoms with Gasteiger partial charge < -0.3 is 9.88 Å². The Bertz CT molecular complexity index is 1250. The van der Waals surface area contributed by atoms with E-state index in [0.717, 1.165) is 47.0 Å². The van der Waals surface area contributed by atoms with Gasteiger partial charge in [0.05, 0.1) is 23.4 Å². The number of H-pyrrole nitrogens is 1. The van der Waals surface area contributed by atoms with Crippen LogP contribution in [0.3, 0.4) is 0 Å². The van der Waals surface area contributed by atoms with E-state index in [1.54, 1.807) is 12.3 Å². The number of benzene rings is 1. The first-order valence-corrected chi connectivity index (χ1v) is 11.5. The number of aromatic nitrogens is 4. The highest BCUT2D eigenvalue weighted by atomic mass is 32.2. The molecule has 0 aliphatic carbocycles. The molecule has 1 aliphatic rings. The van der Waals surface area contributed by atoms with E-state index in [1.807, 2.05) is 46.0 Å². The Morgan fingerprint density at radius 2 is 2.13 bits per heavy atom. The van der Waals surface area contributed by atoms with E-state index in [4.69, 9.17) is 0 Å². The second-order valence-corrected chi connectivity index (χ2v) is 8.38. The number of hydrogen-bond donors (Lipinski definition) is 1. The molecule has 158 valence electrons. The molecule has 1 unspecified atom stereocenters. The predicted molar refractivity (Wildman–Crippen MR) is 119 cm³/mol. The molecule has 1 N–H and O–H groups in total. The van der Waals surface area contributed by atoms with Crippen LogP contribution in [-0.4, -0.2) is 43.0 Å². The molecule has 5 rings (SSSR count). The quantitative estimate of drug-likeness (QED) is 0.461. The van der Waals surface area contributed by atoms with Gasteiger partial charge in [0.25, 0.3) is 5.91 Å². The van der Waals surface area contributed by atoms with Crippen molar-refractivity contribution in [2.24, 2.45) is 0 Å². The molecule has 1 fully saturated rings. The van der Waals surface area contributed by atoms with Gasteiger partial charge in [0.15, 0.2) is 10.9 Å². The third-order valence-corrected chi connectivity index (χ3v) is 6.36. The molecular formula is C23H22FN5OS. The van der Waals surface area contributed by atoms with E-state index in [1.165, 1.54) is 23.9 Å². The zero-order chi connectivity index (χ0) is 21.4. The van der Waals surface area contributed by atoms with Gasteiger partial charge in [-0.05, 0) is 49.8 Å². The summed E-state index contributed by atoms with van der Waals surface area (Å²) in [4.78, 5) is 28.0. The standard InChI is InChI=1S/C23H22FN5OS/c1-31-23-27-20(18-9-2-5-12-29(18)23)22(30)28-11-4-3-10-19(28)21-25-14-17(26-21)15-7-6-8-16(24)13-15/h2,5-9,12-14,19H,3-4,10-11H2,1H3,(H,25,26). The van der Waals surface area contributed by atoms with Gasteiger partial charge >= 0.3 is 0 Å². The molecule has 1 aliphatic heterocycles. The smallest absolute Gasteiger partial charge is 0.275 e. The van der Waals surface area contributed by atoms with Gasteiger partial charge in [-0.3, -0.25) is 9.20 Å². The highest BCUT2D eigenvalue weighted by Gasteiger charge is 2.33. The van der Waals surface area contributed by atoms with Crippen molar-refractivity contribution < 1.29 is 9.18 Å². The average Bonchev–Trinajstić information content (AvgIpc) is 3.44. The van der Waals surface area contributed by atoms with Crippen LogP contribution in [0.25, 0.3) is 16.8 Å². The SMILES string of the molecule is CSc1nc(C(=O)N2CCCCC2c2ncc(-c3cccc(F)c3)[nH]2)c2ccccn12. The maximum atomic E-state index is 13.6. The molecule has 1 aromatic carbocycles. The van der Waals surface area contributed by atoms with Crippen LogP contribution in [0.4, 0.5) is 4.39 Å². The van der Waals surface area contributed by atoms with E-state index < -0.39 is 0 Å². The van der Waals surface area contributed by atoms with Gasteiger partial charge in [-0.2, -0.15) is 0 Å². The fourth-order valence-corrected chi connectivity index (χ4v) is 4.75. The van der Waals surface area contributed by atoms with Crippen LogP contribution in [0, 0.1) is 5.82 Å². The molecule has 8 heteroatoms. The van der Waals surface area contributed by atoms with Crippen molar-refractivity contribution in [2.45, 2.75) is 30.5 Å². The molecular weight excluding hydrogens is 413 g/mol. The second-order valence-electron chi connectivity index (χ2n) is 7.61. The summed E-state index contributed by atoms with van der Waals surface area (Å²) in [6.45, 7) is 0.653. The van der Waals surface area contributed by atoms with Crippen molar-refractivity contribution in [3.8, 4) is 11.3 Å². The largest absolute Gasteiger partial charge is 0.340 e. The summed E-state index contributed by atoms with van der Waals surface area (Å²) in [5, 5.41) is 0.791. The number of pyridine rings is 1. The molecule has 0 saturated carbocycles. The minimum atomic E-state index is -0.292. The van der Waals surface area contributed by atoms with E-state index in [-0.39, 0.29) is 17.8 Å². The number of piperidine rings is 1. The number of thioether (sulfide) groups is 1. The molecule has 31 heavy (non-hydrogen) atoms. The summed E-state index contributed by atoms with van der Waals surface area (Å²) >= 11 is 1.51. The lowest BCUT2D eigenvalue weighted by Gasteiger charge is -2.34. The first kappa shape index (κ1) is 19.8. The minimum absolute atomic E-state index is 0.0857. The molecule has 4 heterocycles. The minimum Gasteiger partial charge on any atom is -0.340 e. The van der Waals surface area contributed by atoms with Crippen molar-refractivity contribution in [1.29, 1.82) is 0 Å². The van der Waals surface area contributed by atoms with E-state index >= 15 is 0 Å². The third kappa shape index (κ3) is 3.61. The van der Waals surface area contributed by atoms with Crippen LogP contribution in [-0.2, 0) is 0 Å². The molecule has 6 nitrogen and oxygen atoms in total. The predicted octanol–water partition coefficient (Wildman–Crippen LogP) is 4.95. The van der Waals surface area contributed by atoms with Gasteiger partial charge in [0.2, 0.25) is 0 Å². The van der Waals surface area contributed by atoms with E-state index in [2.05, 4.69) is 15.0 Å². The van der Waals surface area contributed by atoms with E-state index in [9.17, 15) is 9.18 Å². The number of rotatable bonds is 4. The third-order valence-electron chi connectivity index (χ3n) is 5.71. The van der Waals surface area contributed by atoms with Crippen molar-refractivity contribution >= 4 is 23.2 Å². The van der Waals surface area contributed by atoms with Crippen molar-refractivity contribution in [1.82, 2.24) is 24.3 Å². The second kappa shape index (κ2) is 8.19. The van der Waals surface area contributed by atoms with Crippen LogP contribution >= 0.6 is 11.8 Å². The molecule has 0 spiro atoms. The molecule has 3 aromatic heterocycles. The molecule has 4 aromatic rings. The number of aromatic amines is 1. The van der Waals surface area contributed by atoms with Gasteiger partial charge in [-0.1, -0.05) is 30.0 Å². The number of fused-ring (bicyclic) bond motifs is 1. The van der Waals surface area contributed by atoms with Gasteiger partial charge in [-0.25, -0.2) is 14.4 Å². The highest BCUT2D eigenvalue weighted by molar-refractivity contribution is 7.98. The average molecular weight is 436 g/mol. The number of amides is 1. The molecule has 1 atom stereocenters. The van der Waals surface area contributed by atoms with Crippen LogP contribution < -0.4 is 0 Å². The van der Waals surface area contributed by atoms with Gasteiger partial charge in [0.1, 0.15) is 11.6 Å². The zero-order valence-corrected chi connectivity index (χ0v) is 17.9. The Kier molecular flexibility index (Phi) is 5.23. The summed E-state index contributed by atoms with van der Waals surface area (Å²) in [6, 6.07) is 12.0. The van der Waals surface area contributed by atoms with Crippen molar-refractivity contribution in [3.05, 3.63) is 72.2 Å². The number of halogens is 1. The zero-order valence-electron chi connectivity index (χ0n) is 17.1. The lowest BCUT2D eigenvalue weighted by atomic mass is 10.0. The van der Waals surface area contributed by atoms with Crippen LogP contribution in [0.1, 0.15) is 41.6 Å². The first-order valence-electron chi connectivity index (χ1n) is 10.3. The lowest BCUT2D eigenvalue weighted by Crippen LogP contribution is -2.39. The van der Waals surface area contributed by atoms with Crippen LogP contribution in [0.2, 0.25) is 0 Å². The summed E-state index contributed by atoms with van der Waals surface area (Å²) in [7, 11) is 0. The number of imidazole rings is 2. The fourth-order valence-electron chi connectivity index (χ4n) is 4.21. The topological polar surface area (TPSA) is 66.3 Å². The Labute approximate surface area is 183 Å². The maximum Gasteiger partial charge on any atom is 0.275 e. The summed E-state index contributed by atoms with van der Waals surface area (Å²) in [6.07, 6.45) is 8.38. The highest BCUT2D eigenvalue weighted by Crippen LogP contribution is 2.33. The maximum absolute atomic E-state index is 13.6. The molecule has 0 radical (unpaired) electrons. The Morgan fingerprint density at radius 3 is 2.97 bits per heavy atom. The summed E-state index contributed by atoms with van der Waals surface area (Å²) in [5.41, 5.74) is 2.75. The number of nitrogens with one attached hydrogen (secondary N) is 1. The molecule has 0 bridgehead atoms. The lowest BCUT2D eigenvalue weighted by molar-refractivity contribution is 0.0597. The fraction of sp³-hybridized carbons (Fsp3) is 0.261. The number of likely N-dealkylation sites (tertiary alicyclic amines) is 1. The molecule has 1 saturated heterocycles. The molecule has 1 amide bonds. The van der Waals surface area contributed by atoms with Gasteiger partial charge in [-0.15, -0.1) is 0 Å². The first-order chi connectivity index (χ1) is 15.2. The van der Waals surface area contributed by atoms with Gasteiger partial charge in [0, 0.05) is 18.3 Å². The normalized spacial score (nSPS) is 16.7. The number of nitrogens with zero attached hydrogens (tertiary/aromatic N) is 4. The number of carbonyl (C=O) groups is 1. The van der Waals surface area contributed by atoms with Crippen molar-refractivity contribution in [2.75, 3.05) is 12.8 Å².